The minimum atomic E-state index is -3.33. The third-order valence-corrected chi connectivity index (χ3v) is 9.39. The number of rotatable bonds is 7. The van der Waals surface area contributed by atoms with Gasteiger partial charge in [-0.15, -0.1) is 0 Å². The van der Waals surface area contributed by atoms with E-state index in [0.29, 0.717) is 16.9 Å². The Bertz CT molecular complexity index is 1120. The lowest BCUT2D eigenvalue weighted by Crippen LogP contribution is -2.48. The summed E-state index contributed by atoms with van der Waals surface area (Å²) < 4.78 is 30.3. The summed E-state index contributed by atoms with van der Waals surface area (Å²) in [5, 5.41) is 2.96. The van der Waals surface area contributed by atoms with Gasteiger partial charge in [-0.05, 0) is 111 Å². The van der Waals surface area contributed by atoms with Crippen molar-refractivity contribution in [2.24, 2.45) is 17.8 Å². The Morgan fingerprint density at radius 2 is 1.50 bits per heavy atom. The van der Waals surface area contributed by atoms with E-state index in [1.54, 1.807) is 31.2 Å². The number of carbonyl (C=O) groups excluding carboxylic acids is 1. The van der Waals surface area contributed by atoms with E-state index < -0.39 is 16.1 Å². The molecule has 4 fully saturated rings. The molecule has 0 radical (unpaired) electrons. The maximum Gasteiger partial charge on any atom is 0.265 e. The predicted molar refractivity (Wildman–Crippen MR) is 135 cm³/mol. The van der Waals surface area contributed by atoms with E-state index in [0.717, 1.165) is 29.7 Å². The number of benzene rings is 2. The molecule has 0 unspecified atom stereocenters. The van der Waals surface area contributed by atoms with Gasteiger partial charge < -0.3 is 10.1 Å². The molecule has 1 atom stereocenters. The van der Waals surface area contributed by atoms with Crippen LogP contribution in [0.3, 0.4) is 0 Å². The smallest absolute Gasteiger partial charge is 0.265 e. The molecule has 2 aromatic carbocycles. The van der Waals surface area contributed by atoms with Gasteiger partial charge in [0.25, 0.3) is 5.91 Å². The summed E-state index contributed by atoms with van der Waals surface area (Å²) in [6.45, 7) is 1.70. The Morgan fingerprint density at radius 1 is 0.971 bits per heavy atom. The van der Waals surface area contributed by atoms with E-state index in [2.05, 4.69) is 17.4 Å². The number of anilines is 2. The van der Waals surface area contributed by atoms with E-state index >= 15 is 0 Å². The van der Waals surface area contributed by atoms with Crippen molar-refractivity contribution >= 4 is 27.3 Å². The Labute approximate surface area is 202 Å². The molecule has 6 nitrogen and oxygen atoms in total. The van der Waals surface area contributed by atoms with Gasteiger partial charge in [-0.3, -0.25) is 9.10 Å². The largest absolute Gasteiger partial charge is 0.481 e. The molecule has 4 aliphatic rings. The Hall–Kier alpha value is -2.54. The van der Waals surface area contributed by atoms with Crippen LogP contribution in [-0.2, 0) is 20.2 Å². The van der Waals surface area contributed by atoms with E-state index in [1.165, 1.54) is 55.4 Å². The van der Waals surface area contributed by atoms with Crippen molar-refractivity contribution in [1.29, 1.82) is 0 Å². The lowest BCUT2D eigenvalue weighted by Gasteiger charge is -2.57. The molecule has 182 valence electrons. The topological polar surface area (TPSA) is 75.7 Å². The average Bonchev–Trinajstić information content (AvgIpc) is 2.78. The van der Waals surface area contributed by atoms with Crippen LogP contribution in [0.1, 0.15) is 51.0 Å². The molecule has 2 aromatic rings. The fourth-order valence-electron chi connectivity index (χ4n) is 6.80. The zero-order chi connectivity index (χ0) is 24.1. The van der Waals surface area contributed by atoms with Crippen LogP contribution in [-0.4, -0.2) is 33.7 Å². The summed E-state index contributed by atoms with van der Waals surface area (Å²) in [5.74, 6) is 3.00. The number of hydrogen-bond donors (Lipinski definition) is 1. The first-order chi connectivity index (χ1) is 16.1. The van der Waals surface area contributed by atoms with Crippen LogP contribution in [0.2, 0.25) is 0 Å². The van der Waals surface area contributed by atoms with Gasteiger partial charge in [-0.1, -0.05) is 12.1 Å². The first-order valence-corrected chi connectivity index (χ1v) is 14.1. The first kappa shape index (κ1) is 23.2. The van der Waals surface area contributed by atoms with Gasteiger partial charge in [-0.2, -0.15) is 0 Å². The molecule has 0 heterocycles. The van der Waals surface area contributed by atoms with Gasteiger partial charge in [-0.25, -0.2) is 8.42 Å². The van der Waals surface area contributed by atoms with Crippen LogP contribution >= 0.6 is 0 Å². The van der Waals surface area contributed by atoms with Crippen LogP contribution in [0.4, 0.5) is 11.4 Å². The molecule has 1 N–H and O–H groups in total. The quantitative estimate of drug-likeness (QED) is 0.605. The summed E-state index contributed by atoms with van der Waals surface area (Å²) in [6, 6.07) is 15.1. The van der Waals surface area contributed by atoms with Crippen LogP contribution in [0.5, 0.6) is 5.75 Å². The second kappa shape index (κ2) is 8.59. The van der Waals surface area contributed by atoms with E-state index in [4.69, 9.17) is 4.74 Å². The van der Waals surface area contributed by atoms with Crippen molar-refractivity contribution in [2.75, 3.05) is 22.9 Å². The van der Waals surface area contributed by atoms with E-state index in [1.807, 2.05) is 12.1 Å². The fourth-order valence-corrected chi connectivity index (χ4v) is 7.30. The highest BCUT2D eigenvalue weighted by Gasteiger charge is 2.51. The van der Waals surface area contributed by atoms with Crippen molar-refractivity contribution in [3.63, 3.8) is 0 Å². The highest BCUT2D eigenvalue weighted by atomic mass is 32.2. The zero-order valence-electron chi connectivity index (χ0n) is 20.2. The minimum Gasteiger partial charge on any atom is -0.481 e. The van der Waals surface area contributed by atoms with Crippen LogP contribution in [0, 0.1) is 17.8 Å². The highest BCUT2D eigenvalue weighted by molar-refractivity contribution is 7.92. The molecule has 0 saturated heterocycles. The number of carbonyl (C=O) groups is 1. The van der Waals surface area contributed by atoms with Crippen LogP contribution < -0.4 is 14.4 Å². The van der Waals surface area contributed by atoms with Crippen molar-refractivity contribution in [1.82, 2.24) is 0 Å². The Morgan fingerprint density at radius 3 is 2.00 bits per heavy atom. The molecule has 4 aliphatic carbocycles. The minimum absolute atomic E-state index is 0.222. The monoisotopic (exact) mass is 482 g/mol. The SMILES string of the molecule is C[C@H](Oc1ccc(N(C)S(C)(=O)=O)cc1)C(=O)Nc1ccc(C23CC4CC(CC(C4)C2)C3)cc1. The maximum absolute atomic E-state index is 12.7. The van der Waals surface area contributed by atoms with Crippen molar-refractivity contribution in [3.05, 3.63) is 54.1 Å². The molecule has 4 saturated carbocycles. The lowest BCUT2D eigenvalue weighted by atomic mass is 9.48. The second-order valence-corrected chi connectivity index (χ2v) is 12.8. The molecule has 0 aliphatic heterocycles. The number of nitrogens with zero attached hydrogens (tertiary/aromatic N) is 1. The standard InChI is InChI=1S/C27H34N2O4S/c1-18(33-25-10-8-24(9-11-25)29(2)34(3,31)32)26(30)28-23-6-4-22(5-7-23)27-15-19-12-20(16-27)14-21(13-19)17-27/h4-11,18-21H,12-17H2,1-3H3,(H,28,30)/t18-,19?,20?,21?,27?/m0/s1. The number of hydrogen-bond acceptors (Lipinski definition) is 4. The normalized spacial score (nSPS) is 28.4. The summed E-state index contributed by atoms with van der Waals surface area (Å²) in [4.78, 5) is 12.7. The number of ether oxygens (including phenoxy) is 1. The average molecular weight is 483 g/mol. The summed E-state index contributed by atoms with van der Waals surface area (Å²) in [5.41, 5.74) is 3.10. The van der Waals surface area contributed by atoms with Gasteiger partial charge >= 0.3 is 0 Å². The van der Waals surface area contributed by atoms with Crippen molar-refractivity contribution < 1.29 is 17.9 Å². The lowest BCUT2D eigenvalue weighted by molar-refractivity contribution is -0.122. The Kier molecular flexibility index (Phi) is 5.87. The summed E-state index contributed by atoms with van der Waals surface area (Å²) >= 11 is 0. The molecular formula is C27H34N2O4S. The van der Waals surface area contributed by atoms with E-state index in [-0.39, 0.29) is 5.91 Å². The number of nitrogens with one attached hydrogen (secondary N) is 1. The maximum atomic E-state index is 12.7. The van der Waals surface area contributed by atoms with Crippen LogP contribution in [0.25, 0.3) is 0 Å². The third kappa shape index (κ3) is 4.54. The molecule has 7 heteroatoms. The van der Waals surface area contributed by atoms with Gasteiger partial charge in [0.15, 0.2) is 6.10 Å². The molecule has 0 spiro atoms. The predicted octanol–water partition coefficient (Wildman–Crippen LogP) is 4.96. The van der Waals surface area contributed by atoms with Crippen molar-refractivity contribution in [2.45, 2.75) is 57.0 Å². The summed E-state index contributed by atoms with van der Waals surface area (Å²) in [7, 11) is -1.83. The van der Waals surface area contributed by atoms with Gasteiger partial charge in [0.1, 0.15) is 5.75 Å². The molecule has 6 rings (SSSR count). The molecular weight excluding hydrogens is 448 g/mol. The highest BCUT2D eigenvalue weighted by Crippen LogP contribution is 2.60. The molecule has 1 amide bonds. The Balaban J connectivity index is 1.19. The molecule has 0 aromatic heterocycles. The zero-order valence-corrected chi connectivity index (χ0v) is 21.0. The summed E-state index contributed by atoms with van der Waals surface area (Å²) in [6.07, 6.45) is 8.74. The number of sulfonamides is 1. The first-order valence-electron chi connectivity index (χ1n) is 12.2. The third-order valence-electron chi connectivity index (χ3n) is 8.18. The van der Waals surface area contributed by atoms with Crippen LogP contribution in [0.15, 0.2) is 48.5 Å². The fraction of sp³-hybridized carbons (Fsp3) is 0.519. The van der Waals surface area contributed by atoms with Gasteiger partial charge in [0.2, 0.25) is 10.0 Å². The number of amides is 1. The molecule has 34 heavy (non-hydrogen) atoms. The van der Waals surface area contributed by atoms with E-state index in [9.17, 15) is 13.2 Å². The van der Waals surface area contributed by atoms with Gasteiger partial charge in [0.05, 0.1) is 11.9 Å². The van der Waals surface area contributed by atoms with Gasteiger partial charge in [0, 0.05) is 12.7 Å². The molecule has 4 bridgehead atoms. The van der Waals surface area contributed by atoms with Crippen molar-refractivity contribution in [3.8, 4) is 5.75 Å². The second-order valence-electron chi connectivity index (χ2n) is 10.7.